The summed E-state index contributed by atoms with van der Waals surface area (Å²) in [7, 11) is 0. The molecule has 15 heavy (non-hydrogen) atoms. The zero-order valence-electron chi connectivity index (χ0n) is 11.6. The van der Waals surface area contributed by atoms with Crippen LogP contribution in [0.2, 0.25) is 0 Å². The van der Waals surface area contributed by atoms with Gasteiger partial charge in [0.2, 0.25) is 0 Å². The Kier molecular flexibility index (Phi) is 8.13. The molecule has 0 fully saturated rings. The van der Waals surface area contributed by atoms with Crippen molar-refractivity contribution >= 4 is 0 Å². The highest BCUT2D eigenvalue weighted by atomic mass is 14.9. The van der Waals surface area contributed by atoms with Gasteiger partial charge in [-0.25, -0.2) is 0 Å². The van der Waals surface area contributed by atoms with Gasteiger partial charge in [-0.1, -0.05) is 48.0 Å². The van der Waals surface area contributed by atoms with Crippen molar-refractivity contribution in [2.45, 2.75) is 66.8 Å². The summed E-state index contributed by atoms with van der Waals surface area (Å²) >= 11 is 0. The largest absolute Gasteiger partial charge is 0.313 e. The van der Waals surface area contributed by atoms with E-state index in [0.29, 0.717) is 6.04 Å². The molecule has 1 N–H and O–H groups in total. The molecule has 0 aromatic heterocycles. The molecule has 92 valence electrons. The van der Waals surface area contributed by atoms with E-state index in [2.05, 4.69) is 46.9 Å². The van der Waals surface area contributed by atoms with Crippen LogP contribution in [0.1, 0.15) is 60.8 Å². The second-order valence-corrected chi connectivity index (χ2v) is 5.35. The first-order chi connectivity index (χ1) is 7.04. The minimum atomic E-state index is 0.699. The minimum Gasteiger partial charge on any atom is -0.313 e. The fourth-order valence-electron chi connectivity index (χ4n) is 2.27. The first kappa shape index (κ1) is 15.0. The third-order valence-electron chi connectivity index (χ3n) is 3.61. The first-order valence-electron chi connectivity index (χ1n) is 6.77. The van der Waals surface area contributed by atoms with Crippen LogP contribution < -0.4 is 5.32 Å². The van der Waals surface area contributed by atoms with Gasteiger partial charge in [-0.15, -0.1) is 0 Å². The van der Waals surface area contributed by atoms with Crippen molar-refractivity contribution in [3.63, 3.8) is 0 Å². The van der Waals surface area contributed by atoms with Crippen LogP contribution in [-0.2, 0) is 0 Å². The molecular weight excluding hydrogens is 182 g/mol. The van der Waals surface area contributed by atoms with Gasteiger partial charge < -0.3 is 5.32 Å². The number of hydrogen-bond donors (Lipinski definition) is 1. The van der Waals surface area contributed by atoms with Gasteiger partial charge in [-0.3, -0.25) is 0 Å². The van der Waals surface area contributed by atoms with Crippen LogP contribution in [0.4, 0.5) is 0 Å². The summed E-state index contributed by atoms with van der Waals surface area (Å²) in [5, 5.41) is 3.74. The van der Waals surface area contributed by atoms with Crippen molar-refractivity contribution in [1.29, 1.82) is 0 Å². The molecule has 0 amide bonds. The van der Waals surface area contributed by atoms with Crippen LogP contribution in [0.5, 0.6) is 0 Å². The Morgan fingerprint density at radius 2 is 1.53 bits per heavy atom. The molecule has 0 aliphatic heterocycles. The van der Waals surface area contributed by atoms with Gasteiger partial charge in [-0.05, 0) is 37.1 Å². The van der Waals surface area contributed by atoms with E-state index in [-0.39, 0.29) is 0 Å². The van der Waals surface area contributed by atoms with E-state index in [4.69, 9.17) is 0 Å². The Balaban J connectivity index is 4.27. The average molecular weight is 213 g/mol. The van der Waals surface area contributed by atoms with Crippen LogP contribution in [0.3, 0.4) is 0 Å². The zero-order chi connectivity index (χ0) is 11.8. The van der Waals surface area contributed by atoms with Gasteiger partial charge in [0.1, 0.15) is 0 Å². The third-order valence-corrected chi connectivity index (χ3v) is 3.61. The second-order valence-electron chi connectivity index (χ2n) is 5.35. The molecule has 0 aromatic carbocycles. The van der Waals surface area contributed by atoms with E-state index < -0.39 is 0 Å². The molecule has 1 heteroatoms. The molecule has 0 aromatic rings. The Hall–Kier alpha value is -0.0400. The van der Waals surface area contributed by atoms with Gasteiger partial charge in [0.25, 0.3) is 0 Å². The van der Waals surface area contributed by atoms with Crippen molar-refractivity contribution in [1.82, 2.24) is 5.32 Å². The van der Waals surface area contributed by atoms with Crippen LogP contribution in [0.15, 0.2) is 0 Å². The molecule has 0 rings (SSSR count). The predicted molar refractivity (Wildman–Crippen MR) is 70.2 cm³/mol. The highest BCUT2D eigenvalue weighted by Crippen LogP contribution is 2.23. The molecule has 0 aliphatic rings. The lowest BCUT2D eigenvalue weighted by Gasteiger charge is -2.33. The van der Waals surface area contributed by atoms with Gasteiger partial charge in [0.15, 0.2) is 0 Å². The SMILES string of the molecule is CCCNC(C(C)CCC)C(C)C(C)C. The van der Waals surface area contributed by atoms with E-state index >= 15 is 0 Å². The van der Waals surface area contributed by atoms with Crippen LogP contribution in [0, 0.1) is 17.8 Å². The lowest BCUT2D eigenvalue weighted by Crippen LogP contribution is -2.42. The van der Waals surface area contributed by atoms with Crippen LogP contribution in [0.25, 0.3) is 0 Å². The second kappa shape index (κ2) is 8.15. The fourth-order valence-corrected chi connectivity index (χ4v) is 2.27. The fraction of sp³-hybridized carbons (Fsp3) is 1.00. The number of nitrogens with one attached hydrogen (secondary N) is 1. The van der Waals surface area contributed by atoms with E-state index in [1.165, 1.54) is 19.3 Å². The Labute approximate surface area is 97.0 Å². The molecule has 0 saturated heterocycles. The van der Waals surface area contributed by atoms with Gasteiger partial charge in [0, 0.05) is 6.04 Å². The summed E-state index contributed by atoms with van der Waals surface area (Å²) in [6, 6.07) is 0.699. The van der Waals surface area contributed by atoms with Crippen LogP contribution >= 0.6 is 0 Å². The molecule has 0 saturated carbocycles. The molecule has 1 nitrogen and oxygen atoms in total. The molecular formula is C14H31N. The van der Waals surface area contributed by atoms with E-state index in [9.17, 15) is 0 Å². The highest BCUT2D eigenvalue weighted by Gasteiger charge is 2.24. The molecule has 0 bridgehead atoms. The normalized spacial score (nSPS) is 17.8. The standard InChI is InChI=1S/C14H31N/c1-7-9-12(5)14(15-10-8-2)13(6)11(3)4/h11-15H,7-10H2,1-6H3. The van der Waals surface area contributed by atoms with E-state index in [1.54, 1.807) is 0 Å². The zero-order valence-corrected chi connectivity index (χ0v) is 11.6. The molecule has 3 unspecified atom stereocenters. The lowest BCUT2D eigenvalue weighted by atomic mass is 9.81. The predicted octanol–water partition coefficient (Wildman–Crippen LogP) is 4.08. The van der Waals surface area contributed by atoms with Gasteiger partial charge >= 0.3 is 0 Å². The molecule has 0 radical (unpaired) electrons. The Morgan fingerprint density at radius 1 is 0.933 bits per heavy atom. The third kappa shape index (κ3) is 5.55. The lowest BCUT2D eigenvalue weighted by molar-refractivity contribution is 0.225. The van der Waals surface area contributed by atoms with Crippen molar-refractivity contribution in [2.24, 2.45) is 17.8 Å². The summed E-state index contributed by atoms with van der Waals surface area (Å²) in [5.41, 5.74) is 0. The monoisotopic (exact) mass is 213 g/mol. The maximum atomic E-state index is 3.74. The maximum absolute atomic E-state index is 3.74. The smallest absolute Gasteiger partial charge is 0.0121 e. The van der Waals surface area contributed by atoms with Crippen molar-refractivity contribution in [3.05, 3.63) is 0 Å². The Bertz CT molecular complexity index is 142. The van der Waals surface area contributed by atoms with Crippen molar-refractivity contribution in [3.8, 4) is 0 Å². The maximum Gasteiger partial charge on any atom is 0.0121 e. The highest BCUT2D eigenvalue weighted by molar-refractivity contribution is 4.80. The molecule has 3 atom stereocenters. The van der Waals surface area contributed by atoms with Crippen LogP contribution in [-0.4, -0.2) is 12.6 Å². The van der Waals surface area contributed by atoms with E-state index in [1.807, 2.05) is 0 Å². The topological polar surface area (TPSA) is 12.0 Å². The quantitative estimate of drug-likeness (QED) is 0.640. The van der Waals surface area contributed by atoms with Crippen molar-refractivity contribution < 1.29 is 0 Å². The number of hydrogen-bond acceptors (Lipinski definition) is 1. The molecule has 0 heterocycles. The first-order valence-corrected chi connectivity index (χ1v) is 6.77. The summed E-state index contributed by atoms with van der Waals surface area (Å²) in [4.78, 5) is 0. The minimum absolute atomic E-state index is 0.699. The van der Waals surface area contributed by atoms with Gasteiger partial charge in [0.05, 0.1) is 0 Å². The number of rotatable bonds is 8. The molecule has 0 spiro atoms. The Morgan fingerprint density at radius 3 is 1.93 bits per heavy atom. The molecule has 0 aliphatic carbocycles. The summed E-state index contributed by atoms with van der Waals surface area (Å²) in [6.45, 7) is 15.2. The van der Waals surface area contributed by atoms with Crippen molar-refractivity contribution in [2.75, 3.05) is 6.54 Å². The van der Waals surface area contributed by atoms with Gasteiger partial charge in [-0.2, -0.15) is 0 Å². The summed E-state index contributed by atoms with van der Waals surface area (Å²) in [5.74, 6) is 2.36. The summed E-state index contributed by atoms with van der Waals surface area (Å²) < 4.78 is 0. The average Bonchev–Trinajstić information content (AvgIpc) is 2.18. The van der Waals surface area contributed by atoms with E-state index in [0.717, 1.165) is 24.3 Å². The summed E-state index contributed by atoms with van der Waals surface area (Å²) in [6.07, 6.45) is 3.88.